The fraction of sp³-hybridized carbons (Fsp3) is 0.238. The second kappa shape index (κ2) is 9.77. The Kier molecular flexibility index (Phi) is 7.12. The van der Waals surface area contributed by atoms with E-state index in [1.807, 2.05) is 42.7 Å². The van der Waals surface area contributed by atoms with Crippen LogP contribution in [0.15, 0.2) is 47.6 Å². The number of rotatable bonds is 7. The topological polar surface area (TPSA) is 88.9 Å². The number of hydrogen-bond acceptors (Lipinski definition) is 5. The SMILES string of the molecule is CCn1c(SCC(=O)Nc2ccc(Cl)c(C(=O)NC)c2)nnc1-c1ccccc1C. The third-order valence-electron chi connectivity index (χ3n) is 4.47. The Labute approximate surface area is 184 Å². The Morgan fingerprint density at radius 3 is 2.63 bits per heavy atom. The van der Waals surface area contributed by atoms with Crippen molar-refractivity contribution >= 4 is 40.9 Å². The van der Waals surface area contributed by atoms with Gasteiger partial charge >= 0.3 is 0 Å². The van der Waals surface area contributed by atoms with E-state index in [1.54, 1.807) is 18.2 Å². The van der Waals surface area contributed by atoms with E-state index in [2.05, 4.69) is 20.8 Å². The van der Waals surface area contributed by atoms with Gasteiger partial charge in [0.25, 0.3) is 5.91 Å². The molecule has 0 aliphatic heterocycles. The first-order valence-electron chi connectivity index (χ1n) is 9.38. The molecule has 0 fully saturated rings. The highest BCUT2D eigenvalue weighted by atomic mass is 35.5. The van der Waals surface area contributed by atoms with Gasteiger partial charge < -0.3 is 15.2 Å². The molecule has 1 heterocycles. The molecule has 2 aromatic carbocycles. The molecule has 30 heavy (non-hydrogen) atoms. The maximum absolute atomic E-state index is 12.4. The number of carbonyl (C=O) groups excluding carboxylic acids is 2. The number of amides is 2. The minimum atomic E-state index is -0.315. The molecule has 2 amide bonds. The van der Waals surface area contributed by atoms with Crippen LogP contribution in [0.1, 0.15) is 22.8 Å². The van der Waals surface area contributed by atoms with E-state index >= 15 is 0 Å². The average molecular weight is 444 g/mol. The minimum Gasteiger partial charge on any atom is -0.355 e. The summed E-state index contributed by atoms with van der Waals surface area (Å²) in [4.78, 5) is 24.3. The van der Waals surface area contributed by atoms with Crippen molar-refractivity contribution in [2.75, 3.05) is 18.1 Å². The zero-order valence-electron chi connectivity index (χ0n) is 16.9. The lowest BCUT2D eigenvalue weighted by Crippen LogP contribution is -2.19. The molecule has 0 aliphatic carbocycles. The highest BCUT2D eigenvalue weighted by Crippen LogP contribution is 2.26. The molecule has 0 unspecified atom stereocenters. The molecular formula is C21H22ClN5O2S. The molecule has 156 valence electrons. The fourth-order valence-electron chi connectivity index (χ4n) is 2.94. The first-order valence-corrected chi connectivity index (χ1v) is 10.7. The van der Waals surface area contributed by atoms with Crippen molar-refractivity contribution in [1.29, 1.82) is 0 Å². The van der Waals surface area contributed by atoms with E-state index in [0.29, 0.717) is 28.0 Å². The zero-order valence-corrected chi connectivity index (χ0v) is 18.5. The molecule has 2 N–H and O–H groups in total. The van der Waals surface area contributed by atoms with Crippen LogP contribution in [0.2, 0.25) is 5.02 Å². The van der Waals surface area contributed by atoms with Crippen molar-refractivity contribution in [1.82, 2.24) is 20.1 Å². The standard InChI is InChI=1S/C21H22ClN5O2S/c1-4-27-19(15-8-6-5-7-13(15)2)25-26-21(27)30-12-18(28)24-14-9-10-17(22)16(11-14)20(29)23-3/h5-11H,4,12H2,1-3H3,(H,23,29)(H,24,28). The Morgan fingerprint density at radius 2 is 1.93 bits per heavy atom. The number of benzene rings is 2. The molecule has 0 saturated heterocycles. The zero-order chi connectivity index (χ0) is 21.7. The van der Waals surface area contributed by atoms with Crippen molar-refractivity contribution in [3.63, 3.8) is 0 Å². The average Bonchev–Trinajstić information content (AvgIpc) is 3.16. The number of thioether (sulfide) groups is 1. The molecule has 0 bridgehead atoms. The van der Waals surface area contributed by atoms with Gasteiger partial charge in [0.15, 0.2) is 11.0 Å². The van der Waals surface area contributed by atoms with E-state index in [-0.39, 0.29) is 17.6 Å². The molecule has 0 spiro atoms. The number of nitrogens with one attached hydrogen (secondary N) is 2. The first-order chi connectivity index (χ1) is 14.4. The lowest BCUT2D eigenvalue weighted by atomic mass is 10.1. The summed E-state index contributed by atoms with van der Waals surface area (Å²) in [5.41, 5.74) is 2.94. The van der Waals surface area contributed by atoms with Crippen LogP contribution in [0.3, 0.4) is 0 Å². The summed E-state index contributed by atoms with van der Waals surface area (Å²) in [7, 11) is 1.52. The summed E-state index contributed by atoms with van der Waals surface area (Å²) >= 11 is 7.36. The van der Waals surface area contributed by atoms with Crippen molar-refractivity contribution in [2.24, 2.45) is 0 Å². The smallest absolute Gasteiger partial charge is 0.252 e. The minimum absolute atomic E-state index is 0.157. The van der Waals surface area contributed by atoms with Gasteiger partial charge in [-0.1, -0.05) is 47.6 Å². The quantitative estimate of drug-likeness (QED) is 0.538. The van der Waals surface area contributed by atoms with Gasteiger partial charge in [0.05, 0.1) is 16.3 Å². The Bertz CT molecular complexity index is 1080. The Morgan fingerprint density at radius 1 is 1.17 bits per heavy atom. The molecule has 3 rings (SSSR count). The Balaban J connectivity index is 1.70. The van der Waals surface area contributed by atoms with Crippen LogP contribution in [0, 0.1) is 6.92 Å². The van der Waals surface area contributed by atoms with Crippen LogP contribution in [-0.2, 0) is 11.3 Å². The summed E-state index contributed by atoms with van der Waals surface area (Å²) in [6.07, 6.45) is 0. The maximum atomic E-state index is 12.4. The predicted octanol–water partition coefficient (Wildman–Crippen LogP) is 4.02. The maximum Gasteiger partial charge on any atom is 0.252 e. The van der Waals surface area contributed by atoms with Crippen LogP contribution in [0.4, 0.5) is 5.69 Å². The summed E-state index contributed by atoms with van der Waals surface area (Å²) in [6.45, 7) is 4.74. The van der Waals surface area contributed by atoms with Gasteiger partial charge in [0, 0.05) is 24.8 Å². The van der Waals surface area contributed by atoms with Gasteiger partial charge in [-0.05, 0) is 37.6 Å². The number of nitrogens with zero attached hydrogens (tertiary/aromatic N) is 3. The van der Waals surface area contributed by atoms with E-state index in [9.17, 15) is 9.59 Å². The molecule has 0 aliphatic rings. The fourth-order valence-corrected chi connectivity index (χ4v) is 3.95. The molecule has 0 atom stereocenters. The molecule has 9 heteroatoms. The molecule has 3 aromatic rings. The molecule has 0 saturated carbocycles. The normalized spacial score (nSPS) is 10.7. The van der Waals surface area contributed by atoms with Crippen molar-refractivity contribution < 1.29 is 9.59 Å². The van der Waals surface area contributed by atoms with E-state index in [1.165, 1.54) is 18.8 Å². The van der Waals surface area contributed by atoms with E-state index < -0.39 is 0 Å². The number of aromatic nitrogens is 3. The monoisotopic (exact) mass is 443 g/mol. The predicted molar refractivity (Wildman–Crippen MR) is 120 cm³/mol. The van der Waals surface area contributed by atoms with Gasteiger partial charge in [-0.25, -0.2) is 0 Å². The molecule has 7 nitrogen and oxygen atoms in total. The highest BCUT2D eigenvalue weighted by Gasteiger charge is 2.16. The summed E-state index contributed by atoms with van der Waals surface area (Å²) in [5, 5.41) is 14.9. The summed E-state index contributed by atoms with van der Waals surface area (Å²) < 4.78 is 1.99. The largest absolute Gasteiger partial charge is 0.355 e. The number of anilines is 1. The lowest BCUT2D eigenvalue weighted by molar-refractivity contribution is -0.113. The highest BCUT2D eigenvalue weighted by molar-refractivity contribution is 7.99. The second-order valence-corrected chi connectivity index (χ2v) is 7.83. The van der Waals surface area contributed by atoms with Gasteiger partial charge in [-0.15, -0.1) is 10.2 Å². The summed E-state index contributed by atoms with van der Waals surface area (Å²) in [5.74, 6) is 0.411. The number of halogens is 1. The second-order valence-electron chi connectivity index (χ2n) is 6.48. The van der Waals surface area contributed by atoms with Crippen molar-refractivity contribution in [2.45, 2.75) is 25.5 Å². The van der Waals surface area contributed by atoms with Crippen molar-refractivity contribution in [3.8, 4) is 11.4 Å². The van der Waals surface area contributed by atoms with Gasteiger partial charge in [0.1, 0.15) is 0 Å². The molecular weight excluding hydrogens is 422 g/mol. The molecule has 1 aromatic heterocycles. The van der Waals surface area contributed by atoms with Gasteiger partial charge in [0.2, 0.25) is 5.91 Å². The number of hydrogen-bond donors (Lipinski definition) is 2. The Hall–Kier alpha value is -2.84. The van der Waals surface area contributed by atoms with Crippen LogP contribution < -0.4 is 10.6 Å². The van der Waals surface area contributed by atoms with Crippen LogP contribution in [0.25, 0.3) is 11.4 Å². The molecule has 0 radical (unpaired) electrons. The van der Waals surface area contributed by atoms with Crippen LogP contribution in [-0.4, -0.2) is 39.4 Å². The summed E-state index contributed by atoms with van der Waals surface area (Å²) in [6, 6.07) is 12.8. The third kappa shape index (κ3) is 4.83. The number of aryl methyl sites for hydroxylation is 1. The number of carbonyl (C=O) groups is 2. The van der Waals surface area contributed by atoms with Gasteiger partial charge in [-0.3, -0.25) is 9.59 Å². The van der Waals surface area contributed by atoms with Crippen LogP contribution in [0.5, 0.6) is 0 Å². The third-order valence-corrected chi connectivity index (χ3v) is 5.77. The van der Waals surface area contributed by atoms with Crippen LogP contribution >= 0.6 is 23.4 Å². The van der Waals surface area contributed by atoms with Crippen molar-refractivity contribution in [3.05, 3.63) is 58.6 Å². The van der Waals surface area contributed by atoms with E-state index in [4.69, 9.17) is 11.6 Å². The lowest BCUT2D eigenvalue weighted by Gasteiger charge is -2.10. The van der Waals surface area contributed by atoms with Gasteiger partial charge in [-0.2, -0.15) is 0 Å². The first kappa shape index (κ1) is 21.9. The van der Waals surface area contributed by atoms with E-state index in [0.717, 1.165) is 17.0 Å².